The molecule has 0 aromatic heterocycles. The van der Waals surface area contributed by atoms with Crippen molar-refractivity contribution in [2.24, 2.45) is 0 Å². The molecule has 0 atom stereocenters. The molecule has 0 aliphatic carbocycles. The van der Waals surface area contributed by atoms with E-state index in [0.29, 0.717) is 0 Å². The maximum atomic E-state index is 1.93. The molecule has 2 heterocycles. The first-order valence-electron chi connectivity index (χ1n) is 4.81. The van der Waals surface area contributed by atoms with Gasteiger partial charge >= 0.3 is 0 Å². The van der Waals surface area contributed by atoms with E-state index in [1.54, 1.807) is 0 Å². The predicted octanol–water partition coefficient (Wildman–Crippen LogP) is 0.608. The van der Waals surface area contributed by atoms with Gasteiger partial charge in [-0.2, -0.15) is 0 Å². The van der Waals surface area contributed by atoms with Gasteiger partial charge in [-0.3, -0.25) is 0 Å². The lowest BCUT2D eigenvalue weighted by Crippen LogP contribution is -3.17. The van der Waals surface area contributed by atoms with Crippen molar-refractivity contribution in [3.05, 3.63) is 0 Å². The number of fused-ring (bicyclic) bond motifs is 1. The van der Waals surface area contributed by atoms with E-state index in [1.807, 2.05) is 4.90 Å². The maximum Gasteiger partial charge on any atom is 0.0874 e. The molecule has 0 aromatic rings. The molecule has 2 saturated heterocycles. The normalized spacial score (nSPS) is 40.8. The largest absolute Gasteiger partial charge is 0.333 e. The van der Waals surface area contributed by atoms with E-state index in [0.717, 1.165) is 6.04 Å². The molecule has 2 aliphatic rings. The van der Waals surface area contributed by atoms with E-state index in [4.69, 9.17) is 0 Å². The molecule has 0 spiro atoms. The molecule has 0 radical (unpaired) electrons. The van der Waals surface area contributed by atoms with E-state index in [-0.39, 0.29) is 0 Å². The van der Waals surface area contributed by atoms with Crippen LogP contribution in [0.25, 0.3) is 0 Å². The molecular formula is C9H18N+. The quantitative estimate of drug-likeness (QED) is 0.503. The number of hydrogen-bond acceptors (Lipinski definition) is 0. The minimum atomic E-state index is 1.07. The topological polar surface area (TPSA) is 4.44 Å². The average molecular weight is 140 g/mol. The Labute approximate surface area is 63.4 Å². The second-order valence-corrected chi connectivity index (χ2v) is 3.85. The summed E-state index contributed by atoms with van der Waals surface area (Å²) >= 11 is 0. The first-order chi connectivity index (χ1) is 4.97. The van der Waals surface area contributed by atoms with Crippen LogP contribution >= 0.6 is 0 Å². The number of piperidine rings is 2. The molecule has 0 unspecified atom stereocenters. The van der Waals surface area contributed by atoms with Crippen molar-refractivity contribution in [3.8, 4) is 0 Å². The van der Waals surface area contributed by atoms with E-state index >= 15 is 0 Å². The van der Waals surface area contributed by atoms with Crippen LogP contribution in [0.5, 0.6) is 0 Å². The highest BCUT2D eigenvalue weighted by Crippen LogP contribution is 2.12. The van der Waals surface area contributed by atoms with Crippen LogP contribution in [-0.2, 0) is 0 Å². The molecule has 0 saturated carbocycles. The van der Waals surface area contributed by atoms with Crippen LogP contribution in [0.15, 0.2) is 0 Å². The smallest absolute Gasteiger partial charge is 0.0874 e. The summed E-state index contributed by atoms with van der Waals surface area (Å²) in [4.78, 5) is 1.93. The molecule has 2 rings (SSSR count). The van der Waals surface area contributed by atoms with Crippen LogP contribution in [0.1, 0.15) is 38.5 Å². The Hall–Kier alpha value is -0.0400. The minimum absolute atomic E-state index is 1.07. The van der Waals surface area contributed by atoms with Crippen LogP contribution in [0.3, 0.4) is 0 Å². The first-order valence-corrected chi connectivity index (χ1v) is 4.81. The molecule has 0 bridgehead atoms. The third-order valence-corrected chi connectivity index (χ3v) is 3.18. The molecular weight excluding hydrogens is 122 g/mol. The van der Waals surface area contributed by atoms with Gasteiger partial charge in [0.2, 0.25) is 0 Å². The van der Waals surface area contributed by atoms with Gasteiger partial charge < -0.3 is 4.90 Å². The van der Waals surface area contributed by atoms with Gasteiger partial charge in [-0.15, -0.1) is 0 Å². The summed E-state index contributed by atoms with van der Waals surface area (Å²) in [6.07, 6.45) is 9.05. The highest BCUT2D eigenvalue weighted by atomic mass is 15.2. The lowest BCUT2D eigenvalue weighted by atomic mass is 9.93. The van der Waals surface area contributed by atoms with E-state index < -0.39 is 0 Å². The highest BCUT2D eigenvalue weighted by Gasteiger charge is 2.27. The van der Waals surface area contributed by atoms with E-state index in [9.17, 15) is 0 Å². The van der Waals surface area contributed by atoms with Crippen molar-refractivity contribution in [1.82, 2.24) is 0 Å². The average Bonchev–Trinajstić information content (AvgIpc) is 2.05. The van der Waals surface area contributed by atoms with E-state index in [1.165, 1.54) is 51.6 Å². The predicted molar refractivity (Wildman–Crippen MR) is 42.2 cm³/mol. The van der Waals surface area contributed by atoms with Crippen molar-refractivity contribution in [2.75, 3.05) is 13.1 Å². The van der Waals surface area contributed by atoms with Crippen LogP contribution in [-0.4, -0.2) is 19.1 Å². The van der Waals surface area contributed by atoms with Crippen molar-refractivity contribution in [1.29, 1.82) is 0 Å². The lowest BCUT2D eigenvalue weighted by Gasteiger charge is -2.35. The summed E-state index contributed by atoms with van der Waals surface area (Å²) in [5, 5.41) is 0. The monoisotopic (exact) mass is 140 g/mol. The van der Waals surface area contributed by atoms with Crippen molar-refractivity contribution in [3.63, 3.8) is 0 Å². The summed E-state index contributed by atoms with van der Waals surface area (Å²) in [5.41, 5.74) is 0. The zero-order chi connectivity index (χ0) is 6.81. The van der Waals surface area contributed by atoms with Crippen LogP contribution in [0, 0.1) is 0 Å². The second-order valence-electron chi connectivity index (χ2n) is 3.85. The second kappa shape index (κ2) is 2.91. The zero-order valence-electron chi connectivity index (χ0n) is 6.73. The summed E-state index contributed by atoms with van der Waals surface area (Å²) in [6.45, 7) is 2.95. The highest BCUT2D eigenvalue weighted by molar-refractivity contribution is 4.65. The molecule has 10 heavy (non-hydrogen) atoms. The molecule has 2 fully saturated rings. The summed E-state index contributed by atoms with van der Waals surface area (Å²) in [7, 11) is 0. The fraction of sp³-hybridized carbons (Fsp3) is 1.00. The van der Waals surface area contributed by atoms with Gasteiger partial charge in [0.05, 0.1) is 19.1 Å². The maximum absolute atomic E-state index is 1.93. The van der Waals surface area contributed by atoms with Crippen LogP contribution < -0.4 is 4.90 Å². The molecule has 1 heteroatoms. The lowest BCUT2D eigenvalue weighted by molar-refractivity contribution is -0.935. The zero-order valence-corrected chi connectivity index (χ0v) is 6.73. The number of nitrogens with one attached hydrogen (secondary N) is 1. The summed E-state index contributed by atoms with van der Waals surface area (Å²) in [5.74, 6) is 0. The third-order valence-electron chi connectivity index (χ3n) is 3.18. The number of rotatable bonds is 0. The van der Waals surface area contributed by atoms with Gasteiger partial charge in [-0.05, 0) is 38.5 Å². The SMILES string of the molecule is C1CC[NH+]2CCCCC2C1. The Bertz CT molecular complexity index is 85.3. The minimum Gasteiger partial charge on any atom is -0.333 e. The Morgan fingerprint density at radius 1 is 0.800 bits per heavy atom. The molecule has 2 aliphatic heterocycles. The fourth-order valence-corrected chi connectivity index (χ4v) is 2.57. The van der Waals surface area contributed by atoms with Gasteiger partial charge in [0.25, 0.3) is 0 Å². The fourth-order valence-electron chi connectivity index (χ4n) is 2.57. The molecule has 1 N–H and O–H groups in total. The van der Waals surface area contributed by atoms with Crippen molar-refractivity contribution in [2.45, 2.75) is 44.6 Å². The van der Waals surface area contributed by atoms with E-state index in [2.05, 4.69) is 0 Å². The van der Waals surface area contributed by atoms with Crippen LogP contribution in [0.2, 0.25) is 0 Å². The molecule has 0 aromatic carbocycles. The summed E-state index contributed by atoms with van der Waals surface area (Å²) < 4.78 is 0. The Morgan fingerprint density at radius 2 is 1.40 bits per heavy atom. The van der Waals surface area contributed by atoms with Gasteiger partial charge in [-0.25, -0.2) is 0 Å². The Morgan fingerprint density at radius 3 is 1.90 bits per heavy atom. The molecule has 58 valence electrons. The van der Waals surface area contributed by atoms with Gasteiger partial charge in [0.1, 0.15) is 0 Å². The standard InChI is InChI=1S/C9H17N/c1-3-7-10-8-4-2-6-9(10)5-1/h9H,1-8H2/p+1. The first kappa shape index (κ1) is 6.66. The van der Waals surface area contributed by atoms with Crippen molar-refractivity contribution >= 4 is 0 Å². The summed E-state index contributed by atoms with van der Waals surface area (Å²) in [6, 6.07) is 1.07. The molecule has 1 nitrogen and oxygen atoms in total. The molecule has 0 amide bonds. The van der Waals surface area contributed by atoms with Gasteiger partial charge in [-0.1, -0.05) is 0 Å². The Kier molecular flexibility index (Phi) is 1.94. The Balaban J connectivity index is 1.93. The number of quaternary nitrogens is 1. The van der Waals surface area contributed by atoms with Gasteiger partial charge in [0.15, 0.2) is 0 Å². The van der Waals surface area contributed by atoms with Crippen LogP contribution in [0.4, 0.5) is 0 Å². The van der Waals surface area contributed by atoms with Gasteiger partial charge in [0, 0.05) is 0 Å². The number of hydrogen-bond donors (Lipinski definition) is 1. The third kappa shape index (κ3) is 1.20. The van der Waals surface area contributed by atoms with Crippen molar-refractivity contribution < 1.29 is 4.90 Å².